The molecule has 0 bridgehead atoms. The Labute approximate surface area is 364 Å². The van der Waals surface area contributed by atoms with Gasteiger partial charge in [-0.25, -0.2) is 14.6 Å². The minimum atomic E-state index is -1.14. The Morgan fingerprint density at radius 1 is 0.887 bits per heavy atom. The third-order valence-electron chi connectivity index (χ3n) is 12.3. The molecule has 3 aromatic carbocycles. The number of piperidine rings is 1. The van der Waals surface area contributed by atoms with Crippen LogP contribution in [0.15, 0.2) is 97.3 Å². The number of hydrogen-bond donors (Lipinski definition) is 5. The number of aryl methyl sites for hydroxylation is 1. The number of hydrogen-bond acceptors (Lipinski definition) is 6. The van der Waals surface area contributed by atoms with Gasteiger partial charge in [-0.05, 0) is 101 Å². The molecule has 0 unspecified atom stereocenters. The molecule has 326 valence electrons. The van der Waals surface area contributed by atoms with Crippen molar-refractivity contribution in [2.75, 3.05) is 19.6 Å². The van der Waals surface area contributed by atoms with E-state index in [0.717, 1.165) is 34.9 Å². The summed E-state index contributed by atoms with van der Waals surface area (Å²) < 4.78 is 5.74. The molecule has 2 atom stereocenters. The Hall–Kier alpha value is -6.17. The normalized spacial score (nSPS) is 15.5. The molecule has 5 aromatic rings. The molecular formula is C50H61N7O5. The van der Waals surface area contributed by atoms with E-state index in [1.165, 1.54) is 11.1 Å². The summed E-state index contributed by atoms with van der Waals surface area (Å²) in [6, 6.07) is 24.9. The zero-order valence-electron chi connectivity index (χ0n) is 36.7. The van der Waals surface area contributed by atoms with Gasteiger partial charge in [0.1, 0.15) is 17.5 Å². The van der Waals surface area contributed by atoms with E-state index in [9.17, 15) is 19.2 Å². The van der Waals surface area contributed by atoms with Crippen LogP contribution < -0.4 is 16.0 Å². The summed E-state index contributed by atoms with van der Waals surface area (Å²) in [5, 5.41) is 10.3. The molecule has 1 fully saturated rings. The van der Waals surface area contributed by atoms with Crippen LogP contribution in [0.1, 0.15) is 113 Å². The number of carbonyl (C=O) groups excluding carboxylic acids is 4. The lowest BCUT2D eigenvalue weighted by atomic mass is 9.74. The predicted molar refractivity (Wildman–Crippen MR) is 242 cm³/mol. The molecule has 1 saturated heterocycles. The molecule has 1 spiro atoms. The van der Waals surface area contributed by atoms with Crippen LogP contribution in [-0.2, 0) is 42.8 Å². The summed E-state index contributed by atoms with van der Waals surface area (Å²) in [4.78, 5) is 67.6. The minimum Gasteiger partial charge on any atom is -0.458 e. The lowest BCUT2D eigenvalue weighted by Crippen LogP contribution is -2.50. The quantitative estimate of drug-likeness (QED) is 0.0501. The molecule has 2 aromatic heterocycles. The van der Waals surface area contributed by atoms with Gasteiger partial charge in [-0.1, -0.05) is 84.9 Å². The number of nitrogens with one attached hydrogen (secondary N) is 5. The number of aromatic nitrogens is 3. The Morgan fingerprint density at radius 2 is 1.61 bits per heavy atom. The van der Waals surface area contributed by atoms with Gasteiger partial charge in [0.2, 0.25) is 11.8 Å². The maximum absolute atomic E-state index is 14.2. The van der Waals surface area contributed by atoms with Crippen LogP contribution in [0.2, 0.25) is 0 Å². The van der Waals surface area contributed by atoms with Gasteiger partial charge in [-0.3, -0.25) is 9.59 Å². The molecule has 3 heterocycles. The van der Waals surface area contributed by atoms with Crippen LogP contribution in [-0.4, -0.2) is 74.9 Å². The van der Waals surface area contributed by atoms with Crippen molar-refractivity contribution in [1.82, 2.24) is 35.8 Å². The molecule has 7 rings (SSSR count). The third kappa shape index (κ3) is 10.5. The van der Waals surface area contributed by atoms with Crippen molar-refractivity contribution in [2.45, 2.75) is 114 Å². The van der Waals surface area contributed by atoms with Gasteiger partial charge in [0.05, 0.1) is 11.5 Å². The summed E-state index contributed by atoms with van der Waals surface area (Å²) in [5.41, 5.74) is 4.32. The van der Waals surface area contributed by atoms with Gasteiger partial charge in [0, 0.05) is 66.9 Å². The smallest absolute Gasteiger partial charge is 0.329 e. The maximum Gasteiger partial charge on any atom is 0.329 e. The number of ether oxygens (including phenoxy) is 1. The van der Waals surface area contributed by atoms with Gasteiger partial charge in [-0.15, -0.1) is 0 Å². The first-order valence-electron chi connectivity index (χ1n) is 22.0. The Kier molecular flexibility index (Phi) is 13.3. The van der Waals surface area contributed by atoms with Crippen LogP contribution in [0.4, 0.5) is 4.79 Å². The van der Waals surface area contributed by atoms with Crippen molar-refractivity contribution in [3.63, 3.8) is 0 Å². The Morgan fingerprint density at radius 3 is 2.39 bits per heavy atom. The number of unbranched alkanes of at least 4 members (excludes halogenated alkanes) is 1. The molecule has 12 nitrogen and oxygen atoms in total. The number of amides is 4. The van der Waals surface area contributed by atoms with Gasteiger partial charge in [0.15, 0.2) is 0 Å². The van der Waals surface area contributed by atoms with Crippen LogP contribution in [0.3, 0.4) is 0 Å². The summed E-state index contributed by atoms with van der Waals surface area (Å²) in [6.07, 6.45) is 12.9. The number of likely N-dealkylation sites (tertiary alicyclic amines) is 1. The number of benzene rings is 3. The first-order valence-corrected chi connectivity index (χ1v) is 22.0. The van der Waals surface area contributed by atoms with Crippen molar-refractivity contribution >= 4 is 40.8 Å². The van der Waals surface area contributed by atoms with Gasteiger partial charge < -0.3 is 35.6 Å². The number of rotatable bonds is 16. The van der Waals surface area contributed by atoms with E-state index in [-0.39, 0.29) is 23.3 Å². The summed E-state index contributed by atoms with van der Waals surface area (Å²) in [5.74, 6) is -0.394. The second-order valence-electron chi connectivity index (χ2n) is 18.3. The summed E-state index contributed by atoms with van der Waals surface area (Å²) in [6.45, 7) is 10.6. The Bertz CT molecular complexity index is 2380. The van der Waals surface area contributed by atoms with Crippen molar-refractivity contribution in [3.05, 3.63) is 131 Å². The van der Waals surface area contributed by atoms with Crippen molar-refractivity contribution in [1.29, 1.82) is 0 Å². The van der Waals surface area contributed by atoms with Crippen molar-refractivity contribution < 1.29 is 23.9 Å². The number of para-hydroxylation sites is 1. The highest BCUT2D eigenvalue weighted by Crippen LogP contribution is 2.43. The van der Waals surface area contributed by atoms with Crippen LogP contribution in [0, 0.1) is 0 Å². The molecule has 0 saturated carbocycles. The monoisotopic (exact) mass is 839 g/mol. The molecular weight excluding hydrogens is 779 g/mol. The number of imidazole rings is 1. The van der Waals surface area contributed by atoms with E-state index in [1.807, 2.05) is 59.6 Å². The number of esters is 1. The number of urea groups is 1. The van der Waals surface area contributed by atoms with Crippen molar-refractivity contribution in [3.8, 4) is 0 Å². The number of nitrogens with zero attached hydrogens (tertiary/aromatic N) is 2. The Balaban J connectivity index is 1.01. The second-order valence-corrected chi connectivity index (χ2v) is 18.3. The second kappa shape index (κ2) is 18.8. The average Bonchev–Trinajstić information content (AvgIpc) is 4.01. The fourth-order valence-corrected chi connectivity index (χ4v) is 8.56. The number of allylic oxidation sites excluding steroid dienone is 1. The van der Waals surface area contributed by atoms with Gasteiger partial charge in [0.25, 0.3) is 0 Å². The van der Waals surface area contributed by atoms with Crippen LogP contribution in [0.5, 0.6) is 0 Å². The number of H-pyrrole nitrogens is 2. The highest BCUT2D eigenvalue weighted by molar-refractivity contribution is 5.91. The summed E-state index contributed by atoms with van der Waals surface area (Å²) in [7, 11) is 0. The largest absolute Gasteiger partial charge is 0.458 e. The molecule has 1 aliphatic heterocycles. The maximum atomic E-state index is 14.2. The van der Waals surface area contributed by atoms with E-state index in [0.29, 0.717) is 69.7 Å². The molecule has 2 aliphatic rings. The fourth-order valence-electron chi connectivity index (χ4n) is 8.56. The zero-order valence-corrected chi connectivity index (χ0v) is 36.7. The van der Waals surface area contributed by atoms with Gasteiger partial charge in [-0.2, -0.15) is 0 Å². The molecule has 0 radical (unpaired) electrons. The average molecular weight is 840 g/mol. The molecule has 12 heteroatoms. The van der Waals surface area contributed by atoms with E-state index in [2.05, 4.69) is 68.4 Å². The molecule has 5 N–H and O–H groups in total. The molecule has 4 amide bonds. The highest BCUT2D eigenvalue weighted by Gasteiger charge is 2.40. The number of fused-ring (bicyclic) bond motifs is 3. The number of carbonyl (C=O) groups is 4. The fraction of sp³-hybridized carbons (Fsp3) is 0.420. The standard InChI is InChI=1S/C50H61N7O5/c1-48(2,3)62-45(59)40(21-13-14-28-51-43(58)23-22-34-15-7-6-8-16-34)54-46(60)49(4,5)42-33-53-44(56-42)41(31-36-32-52-39-20-12-10-18-37(36)39)55-47(61)57-29-26-50(27-30-57)25-24-35-17-9-11-19-38(35)50/h6-12,15-20,24-25,32-33,40-41,52H,13-14,21-23,26-31H2,1-5H3,(H,51,58)(H,53,56)(H,54,60)(H,55,61)/t40-,41-/m1/s1. The SMILES string of the molecule is CC(C)(C)OC(=O)[C@@H](CCCCNC(=O)CCc1ccccc1)NC(=O)C(C)(C)c1cnc([C@@H](Cc2c[nH]c3ccccc23)NC(=O)N2CCC3(C=Cc4ccccc43)CC2)[nH]1. The van der Waals surface area contributed by atoms with Crippen molar-refractivity contribution in [2.24, 2.45) is 0 Å². The molecule has 1 aliphatic carbocycles. The highest BCUT2D eigenvalue weighted by atomic mass is 16.6. The first-order chi connectivity index (χ1) is 29.7. The zero-order chi connectivity index (χ0) is 43.9. The lowest BCUT2D eigenvalue weighted by molar-refractivity contribution is -0.159. The van der Waals surface area contributed by atoms with E-state index in [4.69, 9.17) is 9.72 Å². The van der Waals surface area contributed by atoms with E-state index >= 15 is 0 Å². The van der Waals surface area contributed by atoms with Gasteiger partial charge >= 0.3 is 12.0 Å². The number of aromatic amines is 2. The summed E-state index contributed by atoms with van der Waals surface area (Å²) >= 11 is 0. The van der Waals surface area contributed by atoms with Crippen LogP contribution in [0.25, 0.3) is 17.0 Å². The minimum absolute atomic E-state index is 0.0253. The topological polar surface area (TPSA) is 161 Å². The van der Waals surface area contributed by atoms with E-state index < -0.39 is 29.1 Å². The first kappa shape index (κ1) is 43.9. The van der Waals surface area contributed by atoms with Crippen LogP contribution >= 0.6 is 0 Å². The lowest BCUT2D eigenvalue weighted by Gasteiger charge is -2.39. The van der Waals surface area contributed by atoms with E-state index in [1.54, 1.807) is 40.8 Å². The third-order valence-corrected chi connectivity index (χ3v) is 12.3. The predicted octanol–water partition coefficient (Wildman–Crippen LogP) is 7.97. The molecule has 62 heavy (non-hydrogen) atoms.